The van der Waals surface area contributed by atoms with E-state index in [-0.39, 0.29) is 0 Å². The summed E-state index contributed by atoms with van der Waals surface area (Å²) in [5.74, 6) is 0. The minimum Gasteiger partial charge on any atom is -0.348 e. The first-order valence-corrected chi connectivity index (χ1v) is 5.27. The molecule has 1 aromatic rings. The third kappa shape index (κ3) is 3.28. The maximum Gasteiger partial charge on any atom is 0.208 e. The molecule has 5 heteroatoms. The van der Waals surface area contributed by atoms with E-state index in [9.17, 15) is 0 Å². The van der Waals surface area contributed by atoms with Crippen molar-refractivity contribution in [2.24, 2.45) is 0 Å². The van der Waals surface area contributed by atoms with Gasteiger partial charge in [0.15, 0.2) is 0 Å². The Kier molecular flexibility index (Phi) is 4.11. The molecule has 0 spiro atoms. The number of nitrogens with zero attached hydrogens (tertiary/aromatic N) is 3. The smallest absolute Gasteiger partial charge is 0.208 e. The van der Waals surface area contributed by atoms with Gasteiger partial charge < -0.3 is 10.2 Å². The van der Waals surface area contributed by atoms with Crippen LogP contribution in [0.4, 0.5) is 5.13 Å². The van der Waals surface area contributed by atoms with Crippen LogP contribution in [0.25, 0.3) is 0 Å². The normalized spacial score (nSPS) is 10.4. The van der Waals surface area contributed by atoms with Gasteiger partial charge in [-0.15, -0.1) is 10.2 Å². The molecule has 0 saturated heterocycles. The average molecular weight is 200 g/mol. The summed E-state index contributed by atoms with van der Waals surface area (Å²) >= 11 is 1.63. The molecule has 1 rings (SSSR count). The highest BCUT2D eigenvalue weighted by molar-refractivity contribution is 7.15. The van der Waals surface area contributed by atoms with Gasteiger partial charge in [-0.1, -0.05) is 18.3 Å². The molecule has 0 aliphatic heterocycles. The Hall–Kier alpha value is -0.680. The molecule has 1 N–H and O–H groups in total. The van der Waals surface area contributed by atoms with Crippen LogP contribution in [0.2, 0.25) is 0 Å². The van der Waals surface area contributed by atoms with Gasteiger partial charge in [0, 0.05) is 20.1 Å². The lowest BCUT2D eigenvalue weighted by molar-refractivity contribution is 0.703. The second-order valence-corrected chi connectivity index (χ2v) is 4.04. The first-order valence-electron chi connectivity index (χ1n) is 4.46. The van der Waals surface area contributed by atoms with Gasteiger partial charge in [0.05, 0.1) is 0 Å². The van der Waals surface area contributed by atoms with Crippen molar-refractivity contribution in [3.63, 3.8) is 0 Å². The van der Waals surface area contributed by atoms with E-state index < -0.39 is 0 Å². The zero-order chi connectivity index (χ0) is 9.68. The van der Waals surface area contributed by atoms with Crippen LogP contribution < -0.4 is 10.2 Å². The summed E-state index contributed by atoms with van der Waals surface area (Å²) in [6, 6.07) is 0. The van der Waals surface area contributed by atoms with Gasteiger partial charge in [-0.25, -0.2) is 0 Å². The Morgan fingerprint density at radius 3 is 2.77 bits per heavy atom. The summed E-state index contributed by atoms with van der Waals surface area (Å²) in [4.78, 5) is 2.12. The maximum absolute atomic E-state index is 4.06. The summed E-state index contributed by atoms with van der Waals surface area (Å²) in [6.07, 6.45) is 0. The van der Waals surface area contributed by atoms with E-state index in [1.165, 1.54) is 0 Å². The lowest BCUT2D eigenvalue weighted by Gasteiger charge is -2.14. The van der Waals surface area contributed by atoms with Gasteiger partial charge in [-0.3, -0.25) is 0 Å². The highest BCUT2D eigenvalue weighted by atomic mass is 32.1. The minimum atomic E-state index is 0.975. The Morgan fingerprint density at radius 2 is 2.23 bits per heavy atom. The fourth-order valence-electron chi connectivity index (χ4n) is 0.960. The highest BCUT2D eigenvalue weighted by Gasteiger charge is 2.04. The molecule has 0 saturated carbocycles. The molecule has 74 valence electrons. The molecule has 0 radical (unpaired) electrons. The summed E-state index contributed by atoms with van der Waals surface area (Å²) in [5, 5.41) is 13.3. The van der Waals surface area contributed by atoms with Crippen LogP contribution in [-0.4, -0.2) is 36.9 Å². The topological polar surface area (TPSA) is 41.0 Å². The van der Waals surface area contributed by atoms with Crippen molar-refractivity contribution in [2.45, 2.75) is 13.8 Å². The van der Waals surface area contributed by atoms with E-state index >= 15 is 0 Å². The first-order chi connectivity index (χ1) is 6.24. The molecule has 0 bridgehead atoms. The second kappa shape index (κ2) is 5.14. The Bertz CT molecular complexity index is 248. The molecule has 4 nitrogen and oxygen atoms in total. The van der Waals surface area contributed by atoms with E-state index in [0.717, 1.165) is 29.8 Å². The van der Waals surface area contributed by atoms with E-state index in [1.807, 2.05) is 14.0 Å². The predicted molar refractivity (Wildman–Crippen MR) is 56.5 cm³/mol. The second-order valence-electron chi connectivity index (χ2n) is 2.88. The van der Waals surface area contributed by atoms with Crippen molar-refractivity contribution in [1.82, 2.24) is 15.5 Å². The summed E-state index contributed by atoms with van der Waals surface area (Å²) in [6.45, 7) is 7.06. The Morgan fingerprint density at radius 1 is 1.46 bits per heavy atom. The quantitative estimate of drug-likeness (QED) is 0.717. The van der Waals surface area contributed by atoms with Crippen molar-refractivity contribution >= 4 is 16.5 Å². The molecule has 0 aliphatic carbocycles. The molecule has 0 aromatic carbocycles. The van der Waals surface area contributed by atoms with E-state index in [0.29, 0.717) is 0 Å². The lowest BCUT2D eigenvalue weighted by atomic mass is 10.5. The largest absolute Gasteiger partial charge is 0.348 e. The van der Waals surface area contributed by atoms with Crippen molar-refractivity contribution in [1.29, 1.82) is 0 Å². The van der Waals surface area contributed by atoms with Crippen molar-refractivity contribution in [3.8, 4) is 0 Å². The summed E-state index contributed by atoms with van der Waals surface area (Å²) in [5.41, 5.74) is 0. The average Bonchev–Trinajstić information content (AvgIpc) is 2.52. The molecule has 0 unspecified atom stereocenters. The minimum absolute atomic E-state index is 0.975. The van der Waals surface area contributed by atoms with Crippen LogP contribution in [0.3, 0.4) is 0 Å². The molecule has 1 heterocycles. The van der Waals surface area contributed by atoms with Crippen LogP contribution in [0.5, 0.6) is 0 Å². The third-order valence-electron chi connectivity index (χ3n) is 1.72. The molecule has 0 atom stereocenters. The monoisotopic (exact) mass is 200 g/mol. The highest BCUT2D eigenvalue weighted by Crippen LogP contribution is 2.16. The molecule has 0 amide bonds. The SMILES string of the molecule is CCNCCN(C)c1nnc(C)s1. The fraction of sp³-hybridized carbons (Fsp3) is 0.750. The number of aromatic nitrogens is 2. The number of nitrogens with one attached hydrogen (secondary N) is 1. The van der Waals surface area contributed by atoms with E-state index in [4.69, 9.17) is 0 Å². The third-order valence-corrected chi connectivity index (χ3v) is 2.67. The van der Waals surface area contributed by atoms with Gasteiger partial charge in [-0.2, -0.15) is 0 Å². The molecule has 1 aromatic heterocycles. The number of aryl methyl sites for hydroxylation is 1. The van der Waals surface area contributed by atoms with Crippen LogP contribution in [-0.2, 0) is 0 Å². The molecule has 0 fully saturated rings. The van der Waals surface area contributed by atoms with Crippen molar-refractivity contribution < 1.29 is 0 Å². The molecule has 0 aliphatic rings. The molecule has 13 heavy (non-hydrogen) atoms. The zero-order valence-corrected chi connectivity index (χ0v) is 9.19. The number of hydrogen-bond donors (Lipinski definition) is 1. The number of anilines is 1. The maximum atomic E-state index is 4.06. The van der Waals surface area contributed by atoms with Gasteiger partial charge in [0.1, 0.15) is 5.01 Å². The zero-order valence-electron chi connectivity index (χ0n) is 8.37. The van der Waals surface area contributed by atoms with E-state index in [2.05, 4.69) is 27.3 Å². The van der Waals surface area contributed by atoms with Crippen molar-refractivity contribution in [3.05, 3.63) is 5.01 Å². The lowest BCUT2D eigenvalue weighted by Crippen LogP contribution is -2.28. The van der Waals surface area contributed by atoms with Gasteiger partial charge in [-0.05, 0) is 13.5 Å². The Balaban J connectivity index is 2.35. The van der Waals surface area contributed by atoms with E-state index in [1.54, 1.807) is 11.3 Å². The van der Waals surface area contributed by atoms with Crippen LogP contribution in [0.1, 0.15) is 11.9 Å². The standard InChI is InChI=1S/C8H16N4S/c1-4-9-5-6-12(3)8-11-10-7(2)13-8/h9H,4-6H2,1-3H3. The van der Waals surface area contributed by atoms with Crippen LogP contribution in [0, 0.1) is 6.92 Å². The molecular formula is C8H16N4S. The van der Waals surface area contributed by atoms with Crippen LogP contribution in [0.15, 0.2) is 0 Å². The summed E-state index contributed by atoms with van der Waals surface area (Å²) in [7, 11) is 2.04. The number of hydrogen-bond acceptors (Lipinski definition) is 5. The van der Waals surface area contributed by atoms with Gasteiger partial charge >= 0.3 is 0 Å². The summed E-state index contributed by atoms with van der Waals surface area (Å²) < 4.78 is 0. The van der Waals surface area contributed by atoms with Gasteiger partial charge in [0.2, 0.25) is 5.13 Å². The van der Waals surface area contributed by atoms with Crippen LogP contribution >= 0.6 is 11.3 Å². The Labute approximate surface area is 83.0 Å². The first kappa shape index (κ1) is 10.4. The fourth-order valence-corrected chi connectivity index (χ4v) is 1.63. The predicted octanol–water partition coefficient (Wildman–Crippen LogP) is 0.892. The van der Waals surface area contributed by atoms with Gasteiger partial charge in [0.25, 0.3) is 0 Å². The number of likely N-dealkylation sites (N-methyl/N-ethyl adjacent to an activating group) is 2. The number of rotatable bonds is 5. The molecular weight excluding hydrogens is 184 g/mol. The van der Waals surface area contributed by atoms with Crippen molar-refractivity contribution in [2.75, 3.05) is 31.6 Å².